The zero-order chi connectivity index (χ0) is 18.5. The highest BCUT2D eigenvalue weighted by molar-refractivity contribution is 5.92. The van der Waals surface area contributed by atoms with Crippen molar-refractivity contribution in [3.8, 4) is 5.75 Å². The molecule has 0 aliphatic carbocycles. The molecule has 0 amide bonds. The van der Waals surface area contributed by atoms with Crippen molar-refractivity contribution in [2.75, 3.05) is 18.5 Å². The average Bonchev–Trinajstić information content (AvgIpc) is 3.09. The van der Waals surface area contributed by atoms with Crippen LogP contribution in [-0.4, -0.2) is 39.4 Å². The van der Waals surface area contributed by atoms with Crippen molar-refractivity contribution in [1.82, 2.24) is 20.2 Å². The molecule has 0 bridgehead atoms. The minimum absolute atomic E-state index is 0.358. The summed E-state index contributed by atoms with van der Waals surface area (Å²) in [7, 11) is 0. The first-order valence-corrected chi connectivity index (χ1v) is 8.81. The number of benzene rings is 1. The van der Waals surface area contributed by atoms with E-state index in [-0.39, 0.29) is 5.97 Å². The van der Waals surface area contributed by atoms with E-state index >= 15 is 0 Å². The Morgan fingerprint density at radius 1 is 1.27 bits per heavy atom. The summed E-state index contributed by atoms with van der Waals surface area (Å²) >= 11 is 0. The molecular formula is C18H23N5O3. The number of nitrogens with zero attached hydrogens (tertiary/aromatic N) is 4. The molecule has 1 aromatic heterocycles. The number of carbonyl (C=O) groups excluding carboxylic acids is 1. The second-order valence-corrected chi connectivity index (χ2v) is 6.00. The van der Waals surface area contributed by atoms with E-state index in [9.17, 15) is 4.79 Å². The first-order valence-electron chi connectivity index (χ1n) is 8.81. The van der Waals surface area contributed by atoms with Crippen LogP contribution in [-0.2, 0) is 9.53 Å². The molecule has 0 radical (unpaired) electrons. The van der Waals surface area contributed by atoms with Gasteiger partial charge in [0.15, 0.2) is 0 Å². The number of hydrogen-bond donors (Lipinski definition) is 1. The topological polar surface area (TPSA) is 91.2 Å². The van der Waals surface area contributed by atoms with E-state index in [1.54, 1.807) is 4.68 Å². The third kappa shape index (κ3) is 3.54. The normalized spacial score (nSPS) is 16.0. The Morgan fingerprint density at radius 3 is 2.73 bits per heavy atom. The fraction of sp³-hybridized carbons (Fsp3) is 0.444. The molecule has 3 rings (SSSR count). The Labute approximate surface area is 152 Å². The Kier molecular flexibility index (Phi) is 5.50. The van der Waals surface area contributed by atoms with Crippen LogP contribution in [0.15, 0.2) is 35.5 Å². The molecule has 0 saturated carbocycles. The lowest BCUT2D eigenvalue weighted by Gasteiger charge is -2.27. The van der Waals surface area contributed by atoms with Gasteiger partial charge < -0.3 is 14.8 Å². The first kappa shape index (κ1) is 17.9. The van der Waals surface area contributed by atoms with Crippen molar-refractivity contribution in [3.63, 3.8) is 0 Å². The third-order valence-corrected chi connectivity index (χ3v) is 4.17. The molecule has 8 nitrogen and oxygen atoms in total. The van der Waals surface area contributed by atoms with Crippen LogP contribution < -0.4 is 10.1 Å². The molecule has 138 valence electrons. The number of nitrogens with one attached hydrogen (secondary N) is 1. The van der Waals surface area contributed by atoms with Crippen LogP contribution >= 0.6 is 0 Å². The summed E-state index contributed by atoms with van der Waals surface area (Å²) < 4.78 is 12.6. The maximum Gasteiger partial charge on any atom is 0.338 e. The molecule has 0 spiro atoms. The largest absolute Gasteiger partial charge is 0.494 e. The van der Waals surface area contributed by atoms with Gasteiger partial charge in [0.05, 0.1) is 18.8 Å². The van der Waals surface area contributed by atoms with E-state index in [1.165, 1.54) is 0 Å². The lowest BCUT2D eigenvalue weighted by atomic mass is 9.96. The second-order valence-electron chi connectivity index (χ2n) is 6.00. The summed E-state index contributed by atoms with van der Waals surface area (Å²) in [5.41, 5.74) is 2.07. The lowest BCUT2D eigenvalue weighted by molar-refractivity contribution is -0.139. The molecular weight excluding hydrogens is 334 g/mol. The van der Waals surface area contributed by atoms with Crippen LogP contribution in [0.5, 0.6) is 5.75 Å². The highest BCUT2D eigenvalue weighted by atomic mass is 16.5. The van der Waals surface area contributed by atoms with Gasteiger partial charge in [0.2, 0.25) is 5.95 Å². The number of anilines is 1. The molecule has 1 N–H and O–H groups in total. The second kappa shape index (κ2) is 7.99. The predicted octanol–water partition coefficient (Wildman–Crippen LogP) is 2.70. The predicted molar refractivity (Wildman–Crippen MR) is 95.8 cm³/mol. The van der Waals surface area contributed by atoms with Crippen LogP contribution in [0.4, 0.5) is 5.95 Å². The number of ether oxygens (including phenoxy) is 2. The van der Waals surface area contributed by atoms with Gasteiger partial charge in [-0.05, 0) is 48.4 Å². The quantitative estimate of drug-likeness (QED) is 0.602. The molecule has 1 aliphatic heterocycles. The van der Waals surface area contributed by atoms with Crippen LogP contribution in [0.25, 0.3) is 0 Å². The monoisotopic (exact) mass is 357 g/mol. The SMILES string of the molecule is CCCCOC(=O)C1=C(C)Nc2nnnn2[C@@H]1c1ccc(OCC)cc1. The maximum atomic E-state index is 12.7. The molecule has 26 heavy (non-hydrogen) atoms. The lowest BCUT2D eigenvalue weighted by Crippen LogP contribution is -2.29. The van der Waals surface area contributed by atoms with Crippen LogP contribution in [0.1, 0.15) is 45.2 Å². The minimum atomic E-state index is -0.453. The number of hydrogen-bond acceptors (Lipinski definition) is 7. The summed E-state index contributed by atoms with van der Waals surface area (Å²) in [6.45, 7) is 6.81. The van der Waals surface area contributed by atoms with Crippen molar-refractivity contribution in [3.05, 3.63) is 41.1 Å². The minimum Gasteiger partial charge on any atom is -0.494 e. The molecule has 1 aromatic carbocycles. The number of tetrazole rings is 1. The van der Waals surface area contributed by atoms with E-state index in [0.29, 0.717) is 30.4 Å². The number of esters is 1. The van der Waals surface area contributed by atoms with Gasteiger partial charge in [0, 0.05) is 5.70 Å². The summed E-state index contributed by atoms with van der Waals surface area (Å²) in [6, 6.07) is 7.13. The fourth-order valence-corrected chi connectivity index (χ4v) is 2.88. The van der Waals surface area contributed by atoms with Crippen molar-refractivity contribution < 1.29 is 14.3 Å². The zero-order valence-corrected chi connectivity index (χ0v) is 15.2. The summed E-state index contributed by atoms with van der Waals surface area (Å²) in [4.78, 5) is 12.7. The number of fused-ring (bicyclic) bond motifs is 1. The highest BCUT2D eigenvalue weighted by Gasteiger charge is 2.34. The summed E-state index contributed by atoms with van der Waals surface area (Å²) in [6.07, 6.45) is 1.79. The molecule has 2 aromatic rings. The Morgan fingerprint density at radius 2 is 2.04 bits per heavy atom. The van der Waals surface area contributed by atoms with Gasteiger partial charge in [0.25, 0.3) is 0 Å². The number of aromatic nitrogens is 4. The van der Waals surface area contributed by atoms with Gasteiger partial charge in [-0.15, -0.1) is 0 Å². The first-order chi connectivity index (χ1) is 12.7. The van der Waals surface area contributed by atoms with Gasteiger partial charge >= 0.3 is 5.97 Å². The molecule has 0 unspecified atom stereocenters. The van der Waals surface area contributed by atoms with Crippen molar-refractivity contribution in [2.24, 2.45) is 0 Å². The summed E-state index contributed by atoms with van der Waals surface area (Å²) in [5, 5.41) is 14.8. The van der Waals surface area contributed by atoms with Crippen molar-refractivity contribution >= 4 is 11.9 Å². The van der Waals surface area contributed by atoms with Crippen LogP contribution in [0.3, 0.4) is 0 Å². The Balaban J connectivity index is 1.96. The van der Waals surface area contributed by atoms with Crippen LogP contribution in [0.2, 0.25) is 0 Å². The van der Waals surface area contributed by atoms with E-state index in [4.69, 9.17) is 9.47 Å². The average molecular weight is 357 g/mol. The zero-order valence-electron chi connectivity index (χ0n) is 15.2. The molecule has 1 aliphatic rings. The Hall–Kier alpha value is -2.90. The van der Waals surface area contributed by atoms with E-state index in [1.807, 2.05) is 38.1 Å². The number of rotatable bonds is 7. The standard InChI is InChI=1S/C18H23N5O3/c1-4-6-11-26-17(24)15-12(3)19-18-20-21-22-23(18)16(15)13-7-9-14(10-8-13)25-5-2/h7-10,16H,4-6,11H2,1-3H3,(H,19,20,22)/t16-/m1/s1. The van der Waals surface area contributed by atoms with Gasteiger partial charge in [-0.3, -0.25) is 0 Å². The van der Waals surface area contributed by atoms with E-state index in [0.717, 1.165) is 24.2 Å². The van der Waals surface area contributed by atoms with Gasteiger partial charge in [-0.2, -0.15) is 4.68 Å². The van der Waals surface area contributed by atoms with Crippen molar-refractivity contribution in [1.29, 1.82) is 0 Å². The van der Waals surface area contributed by atoms with Crippen LogP contribution in [0, 0.1) is 0 Å². The highest BCUT2D eigenvalue weighted by Crippen LogP contribution is 2.35. The Bertz CT molecular complexity index is 797. The van der Waals surface area contributed by atoms with Gasteiger partial charge in [0.1, 0.15) is 11.8 Å². The molecule has 2 heterocycles. The number of carbonyl (C=O) groups is 1. The molecule has 8 heteroatoms. The molecule has 1 atom stereocenters. The smallest absolute Gasteiger partial charge is 0.338 e. The third-order valence-electron chi connectivity index (χ3n) is 4.17. The van der Waals surface area contributed by atoms with E-state index < -0.39 is 6.04 Å². The van der Waals surface area contributed by atoms with Gasteiger partial charge in [-0.25, -0.2) is 4.79 Å². The van der Waals surface area contributed by atoms with E-state index in [2.05, 4.69) is 27.8 Å². The maximum absolute atomic E-state index is 12.7. The summed E-state index contributed by atoms with van der Waals surface area (Å²) in [5.74, 6) is 0.907. The number of allylic oxidation sites excluding steroid dienone is 1. The van der Waals surface area contributed by atoms with Gasteiger partial charge in [-0.1, -0.05) is 30.6 Å². The number of unbranched alkanes of at least 4 members (excludes halogenated alkanes) is 1. The molecule has 0 fully saturated rings. The molecule has 0 saturated heterocycles. The fourth-order valence-electron chi connectivity index (χ4n) is 2.88. The van der Waals surface area contributed by atoms with Crippen molar-refractivity contribution in [2.45, 2.75) is 39.7 Å².